The Labute approximate surface area is 174 Å². The van der Waals surface area contributed by atoms with Crippen LogP contribution in [0.3, 0.4) is 0 Å². The van der Waals surface area contributed by atoms with E-state index in [1.54, 1.807) is 0 Å². The minimum atomic E-state index is -0.00932. The van der Waals surface area contributed by atoms with E-state index in [0.29, 0.717) is 32.7 Å². The Bertz CT molecular complexity index is 674. The summed E-state index contributed by atoms with van der Waals surface area (Å²) in [4.78, 5) is 30.6. The zero-order chi connectivity index (χ0) is 20.5. The van der Waals surface area contributed by atoms with Crippen LogP contribution in [-0.4, -0.2) is 74.2 Å². The molecule has 2 fully saturated rings. The summed E-state index contributed by atoms with van der Waals surface area (Å²) in [6.07, 6.45) is 4.71. The Morgan fingerprint density at radius 3 is 2.66 bits per heavy atom. The lowest BCUT2D eigenvalue weighted by molar-refractivity contribution is -0.130. The fourth-order valence-corrected chi connectivity index (χ4v) is 4.00. The number of benzene rings is 1. The Hall–Kier alpha value is -2.44. The third-order valence-corrected chi connectivity index (χ3v) is 5.63. The second kappa shape index (κ2) is 10.9. The molecule has 0 atom stereocenters. The van der Waals surface area contributed by atoms with E-state index < -0.39 is 0 Å². The molecule has 2 aliphatic rings. The van der Waals surface area contributed by atoms with Gasteiger partial charge in [-0.3, -0.25) is 4.79 Å². The summed E-state index contributed by atoms with van der Waals surface area (Å²) < 4.78 is 5.73. The van der Waals surface area contributed by atoms with E-state index in [9.17, 15) is 9.59 Å². The molecule has 3 amide bonds. The third-order valence-electron chi connectivity index (χ3n) is 5.63. The van der Waals surface area contributed by atoms with Gasteiger partial charge in [-0.15, -0.1) is 0 Å². The van der Waals surface area contributed by atoms with Crippen molar-refractivity contribution in [2.24, 2.45) is 0 Å². The molecule has 0 aromatic heterocycles. The second-order valence-corrected chi connectivity index (χ2v) is 7.65. The number of nitrogens with zero attached hydrogens (tertiary/aromatic N) is 3. The molecule has 0 spiro atoms. The number of anilines is 1. The van der Waals surface area contributed by atoms with Crippen LogP contribution in [0.2, 0.25) is 0 Å². The van der Waals surface area contributed by atoms with Crippen LogP contribution in [0.4, 0.5) is 10.5 Å². The lowest BCUT2D eigenvalue weighted by Gasteiger charge is -2.36. The molecule has 0 radical (unpaired) electrons. The van der Waals surface area contributed by atoms with Crippen molar-refractivity contribution in [3.8, 4) is 5.75 Å². The van der Waals surface area contributed by atoms with E-state index in [-0.39, 0.29) is 11.9 Å². The van der Waals surface area contributed by atoms with Crippen molar-refractivity contribution in [3.63, 3.8) is 0 Å². The number of ether oxygens (including phenoxy) is 1. The maximum Gasteiger partial charge on any atom is 0.317 e. The van der Waals surface area contributed by atoms with Crippen LogP contribution in [0.1, 0.15) is 39.0 Å². The summed E-state index contributed by atoms with van der Waals surface area (Å²) in [5.74, 6) is 1.16. The summed E-state index contributed by atoms with van der Waals surface area (Å²) in [6, 6.07) is 8.06. The molecular weight excluding hydrogens is 368 g/mol. The molecule has 0 bridgehead atoms. The number of hydrogen-bond acceptors (Lipinski definition) is 4. The molecule has 2 aliphatic heterocycles. The number of amides is 3. The first kappa shape index (κ1) is 21.3. The van der Waals surface area contributed by atoms with Crippen molar-refractivity contribution in [2.45, 2.75) is 39.0 Å². The summed E-state index contributed by atoms with van der Waals surface area (Å²) in [5.41, 5.74) is 1.09. The number of para-hydroxylation sites is 2. The van der Waals surface area contributed by atoms with Gasteiger partial charge < -0.3 is 24.8 Å². The molecule has 0 aliphatic carbocycles. The van der Waals surface area contributed by atoms with E-state index in [1.165, 1.54) is 0 Å². The topological polar surface area (TPSA) is 65.1 Å². The number of piperazine rings is 1. The van der Waals surface area contributed by atoms with Crippen molar-refractivity contribution >= 4 is 17.6 Å². The van der Waals surface area contributed by atoms with Crippen LogP contribution < -0.4 is 15.0 Å². The van der Waals surface area contributed by atoms with Crippen molar-refractivity contribution < 1.29 is 14.3 Å². The quantitative estimate of drug-likeness (QED) is 0.713. The number of nitrogens with one attached hydrogen (secondary N) is 1. The molecule has 29 heavy (non-hydrogen) atoms. The van der Waals surface area contributed by atoms with Crippen molar-refractivity contribution in [2.75, 3.05) is 57.3 Å². The smallest absolute Gasteiger partial charge is 0.317 e. The first-order valence-electron chi connectivity index (χ1n) is 11.0. The van der Waals surface area contributed by atoms with Gasteiger partial charge in [-0.2, -0.15) is 0 Å². The molecule has 0 saturated carbocycles. The van der Waals surface area contributed by atoms with Gasteiger partial charge in [-0.1, -0.05) is 18.6 Å². The van der Waals surface area contributed by atoms with Gasteiger partial charge >= 0.3 is 6.03 Å². The Kier molecular flexibility index (Phi) is 8.02. The lowest BCUT2D eigenvalue weighted by atomic mass is 10.2. The van der Waals surface area contributed by atoms with E-state index >= 15 is 0 Å². The highest BCUT2D eigenvalue weighted by atomic mass is 16.5. The lowest BCUT2D eigenvalue weighted by Crippen LogP contribution is -2.52. The molecule has 1 aromatic carbocycles. The van der Waals surface area contributed by atoms with Crippen LogP contribution in [0.15, 0.2) is 24.3 Å². The first-order valence-corrected chi connectivity index (χ1v) is 11.0. The number of rotatable bonds is 7. The Morgan fingerprint density at radius 1 is 1.07 bits per heavy atom. The molecule has 1 N–H and O–H groups in total. The number of likely N-dealkylation sites (tertiary alicyclic amines) is 1. The summed E-state index contributed by atoms with van der Waals surface area (Å²) >= 11 is 0. The summed E-state index contributed by atoms with van der Waals surface area (Å²) in [6.45, 7) is 7.80. The fraction of sp³-hybridized carbons (Fsp3) is 0.636. The Morgan fingerprint density at radius 2 is 1.86 bits per heavy atom. The van der Waals surface area contributed by atoms with Crippen LogP contribution in [0.5, 0.6) is 5.75 Å². The van der Waals surface area contributed by atoms with E-state index in [2.05, 4.69) is 16.3 Å². The van der Waals surface area contributed by atoms with Crippen molar-refractivity contribution in [3.05, 3.63) is 24.3 Å². The molecule has 7 heteroatoms. The summed E-state index contributed by atoms with van der Waals surface area (Å²) in [5, 5.41) is 3.01. The molecule has 0 unspecified atom stereocenters. The van der Waals surface area contributed by atoms with Crippen LogP contribution in [-0.2, 0) is 4.79 Å². The minimum Gasteiger partial charge on any atom is -0.492 e. The maximum atomic E-state index is 12.5. The first-order chi connectivity index (χ1) is 14.2. The van der Waals surface area contributed by atoms with Gasteiger partial charge in [-0.25, -0.2) is 4.79 Å². The average Bonchev–Trinajstić information content (AvgIpc) is 2.96. The van der Waals surface area contributed by atoms with Gasteiger partial charge in [0.1, 0.15) is 5.75 Å². The largest absolute Gasteiger partial charge is 0.492 e. The predicted octanol–water partition coefficient (Wildman–Crippen LogP) is 2.71. The highest BCUT2D eigenvalue weighted by Crippen LogP contribution is 2.28. The Balaban J connectivity index is 1.38. The third kappa shape index (κ3) is 6.02. The van der Waals surface area contributed by atoms with Gasteiger partial charge in [0.05, 0.1) is 12.3 Å². The average molecular weight is 403 g/mol. The molecule has 1 aromatic rings. The maximum absolute atomic E-state index is 12.5. The van der Waals surface area contributed by atoms with Gasteiger partial charge in [0, 0.05) is 52.2 Å². The minimum absolute atomic E-state index is 0.00932. The second-order valence-electron chi connectivity index (χ2n) is 7.65. The standard InChI is InChI=1S/C22H34N4O3/c1-2-29-20-10-6-5-9-19(20)24-15-17-26(18-16-24)22(28)23-12-8-14-25-13-7-3-4-11-21(25)27/h5-6,9-10H,2-4,7-8,11-18H2,1H3,(H,23,28). The van der Waals surface area contributed by atoms with Crippen molar-refractivity contribution in [1.82, 2.24) is 15.1 Å². The van der Waals surface area contributed by atoms with Crippen molar-refractivity contribution in [1.29, 1.82) is 0 Å². The highest BCUT2D eigenvalue weighted by Gasteiger charge is 2.23. The molecule has 160 valence electrons. The van der Waals surface area contributed by atoms with E-state index in [1.807, 2.05) is 34.9 Å². The number of urea groups is 1. The SMILES string of the molecule is CCOc1ccccc1N1CCN(C(=O)NCCCN2CCCCCC2=O)CC1. The van der Waals surface area contributed by atoms with Crippen LogP contribution in [0, 0.1) is 0 Å². The molecule has 7 nitrogen and oxygen atoms in total. The zero-order valence-electron chi connectivity index (χ0n) is 17.6. The number of carbonyl (C=O) groups is 2. The number of hydrogen-bond donors (Lipinski definition) is 1. The van der Waals surface area contributed by atoms with Gasteiger partial charge in [-0.05, 0) is 38.3 Å². The monoisotopic (exact) mass is 402 g/mol. The fourth-order valence-electron chi connectivity index (χ4n) is 4.00. The van der Waals surface area contributed by atoms with Crippen LogP contribution in [0.25, 0.3) is 0 Å². The van der Waals surface area contributed by atoms with Gasteiger partial charge in [0.2, 0.25) is 5.91 Å². The molecule has 2 saturated heterocycles. The highest BCUT2D eigenvalue weighted by molar-refractivity contribution is 5.76. The molecular formula is C22H34N4O3. The predicted molar refractivity (Wildman–Crippen MR) is 114 cm³/mol. The molecule has 2 heterocycles. The van der Waals surface area contributed by atoms with E-state index in [4.69, 9.17) is 4.74 Å². The van der Waals surface area contributed by atoms with Crippen LogP contribution >= 0.6 is 0 Å². The number of carbonyl (C=O) groups excluding carboxylic acids is 2. The van der Waals surface area contributed by atoms with Gasteiger partial charge in [0.25, 0.3) is 0 Å². The zero-order valence-corrected chi connectivity index (χ0v) is 17.6. The normalized spacial score (nSPS) is 17.8. The molecule has 3 rings (SSSR count). The summed E-state index contributed by atoms with van der Waals surface area (Å²) in [7, 11) is 0. The van der Waals surface area contributed by atoms with Gasteiger partial charge in [0.15, 0.2) is 0 Å². The van der Waals surface area contributed by atoms with E-state index in [0.717, 1.165) is 63.3 Å².